The van der Waals surface area contributed by atoms with Crippen molar-refractivity contribution in [2.24, 2.45) is 0 Å². The fourth-order valence-electron chi connectivity index (χ4n) is 3.01. The number of H-pyrrole nitrogens is 1. The van der Waals surface area contributed by atoms with Gasteiger partial charge < -0.3 is 5.73 Å². The van der Waals surface area contributed by atoms with E-state index in [-0.39, 0.29) is 0 Å². The van der Waals surface area contributed by atoms with E-state index in [1.54, 1.807) is 6.20 Å². The number of hydrogen-bond donors (Lipinski definition) is 2. The Morgan fingerprint density at radius 1 is 1.11 bits per heavy atom. The topological polar surface area (TPSA) is 67.6 Å². The van der Waals surface area contributed by atoms with E-state index in [1.165, 1.54) is 44.2 Å². The van der Waals surface area contributed by atoms with Gasteiger partial charge in [-0.2, -0.15) is 5.10 Å². The second kappa shape index (κ2) is 5.43. The first-order valence-electron chi connectivity index (χ1n) is 7.11. The lowest BCUT2D eigenvalue weighted by atomic mass is 9.92. The number of aromatic nitrogens is 3. The van der Waals surface area contributed by atoms with Crippen LogP contribution in [0.15, 0.2) is 24.4 Å². The van der Waals surface area contributed by atoms with Crippen LogP contribution in [0.25, 0.3) is 11.3 Å². The van der Waals surface area contributed by atoms with Gasteiger partial charge in [-0.25, -0.2) is 0 Å². The van der Waals surface area contributed by atoms with Gasteiger partial charge in [0.2, 0.25) is 0 Å². The molecule has 2 aromatic rings. The molecule has 0 radical (unpaired) electrons. The second-order valence-corrected chi connectivity index (χ2v) is 5.30. The molecule has 0 bridgehead atoms. The van der Waals surface area contributed by atoms with Crippen LogP contribution in [-0.2, 0) is 0 Å². The van der Waals surface area contributed by atoms with Gasteiger partial charge in [0, 0.05) is 17.8 Å². The average molecular weight is 256 g/mol. The lowest BCUT2D eigenvalue weighted by Crippen LogP contribution is -2.01. The predicted octanol–water partition coefficient (Wildman–Crippen LogP) is 3.49. The molecule has 1 fully saturated rings. The zero-order valence-corrected chi connectivity index (χ0v) is 11.1. The standard InChI is InChI=1S/C15H20N4/c16-15-13(12-9-5-6-10-17-12)14(18-19-15)11-7-3-1-2-4-8-11/h5-6,9-11H,1-4,7-8H2,(H3,16,18,19). The van der Waals surface area contributed by atoms with Gasteiger partial charge in [0.25, 0.3) is 0 Å². The van der Waals surface area contributed by atoms with E-state index < -0.39 is 0 Å². The summed E-state index contributed by atoms with van der Waals surface area (Å²) in [5.74, 6) is 1.11. The zero-order chi connectivity index (χ0) is 13.1. The minimum Gasteiger partial charge on any atom is -0.382 e. The fraction of sp³-hybridized carbons (Fsp3) is 0.467. The number of hydrogen-bond acceptors (Lipinski definition) is 3. The molecule has 2 aromatic heterocycles. The van der Waals surface area contributed by atoms with Crippen molar-refractivity contribution in [3.63, 3.8) is 0 Å². The molecule has 0 amide bonds. The summed E-state index contributed by atoms with van der Waals surface area (Å²) in [4.78, 5) is 4.42. The van der Waals surface area contributed by atoms with Crippen molar-refractivity contribution >= 4 is 5.82 Å². The Morgan fingerprint density at radius 3 is 2.58 bits per heavy atom. The van der Waals surface area contributed by atoms with Crippen molar-refractivity contribution in [1.29, 1.82) is 0 Å². The number of pyridine rings is 1. The summed E-state index contributed by atoms with van der Waals surface area (Å²) in [6.07, 6.45) is 9.54. The van der Waals surface area contributed by atoms with Crippen LogP contribution in [-0.4, -0.2) is 15.2 Å². The third-order valence-corrected chi connectivity index (χ3v) is 4.01. The Kier molecular flexibility index (Phi) is 3.49. The van der Waals surface area contributed by atoms with E-state index in [0.29, 0.717) is 11.7 Å². The summed E-state index contributed by atoms with van der Waals surface area (Å²) in [7, 11) is 0. The number of nitrogen functional groups attached to an aromatic ring is 1. The monoisotopic (exact) mass is 256 g/mol. The molecule has 19 heavy (non-hydrogen) atoms. The van der Waals surface area contributed by atoms with Crippen LogP contribution in [0.1, 0.15) is 50.1 Å². The third kappa shape index (κ3) is 2.48. The quantitative estimate of drug-likeness (QED) is 0.808. The maximum absolute atomic E-state index is 6.04. The van der Waals surface area contributed by atoms with Gasteiger partial charge in [0.15, 0.2) is 5.82 Å². The highest BCUT2D eigenvalue weighted by Crippen LogP contribution is 2.37. The highest BCUT2D eigenvalue weighted by Gasteiger charge is 2.22. The van der Waals surface area contributed by atoms with Crippen molar-refractivity contribution in [1.82, 2.24) is 15.2 Å². The smallest absolute Gasteiger partial charge is 0.154 e. The molecule has 0 saturated heterocycles. The van der Waals surface area contributed by atoms with Gasteiger partial charge >= 0.3 is 0 Å². The van der Waals surface area contributed by atoms with Crippen LogP contribution in [0.3, 0.4) is 0 Å². The SMILES string of the molecule is Nc1n[nH]c(C2CCCCCC2)c1-c1ccccn1. The molecule has 3 rings (SSSR count). The number of rotatable bonds is 2. The molecule has 1 saturated carbocycles. The number of nitrogens with one attached hydrogen (secondary N) is 1. The molecular formula is C15H20N4. The predicted molar refractivity (Wildman–Crippen MR) is 76.7 cm³/mol. The van der Waals surface area contributed by atoms with E-state index in [2.05, 4.69) is 15.2 Å². The van der Waals surface area contributed by atoms with E-state index in [4.69, 9.17) is 5.73 Å². The van der Waals surface area contributed by atoms with Crippen LogP contribution in [0.4, 0.5) is 5.82 Å². The van der Waals surface area contributed by atoms with Gasteiger partial charge in [-0.1, -0.05) is 31.7 Å². The van der Waals surface area contributed by atoms with Crippen LogP contribution < -0.4 is 5.73 Å². The average Bonchev–Trinajstić information content (AvgIpc) is 2.67. The fourth-order valence-corrected chi connectivity index (χ4v) is 3.01. The molecule has 4 heteroatoms. The number of anilines is 1. The van der Waals surface area contributed by atoms with E-state index in [9.17, 15) is 0 Å². The first-order valence-corrected chi connectivity index (χ1v) is 7.11. The summed E-state index contributed by atoms with van der Waals surface area (Å²) >= 11 is 0. The third-order valence-electron chi connectivity index (χ3n) is 4.01. The molecule has 0 spiro atoms. The van der Waals surface area contributed by atoms with Gasteiger partial charge in [0.1, 0.15) is 0 Å². The molecule has 1 aliphatic carbocycles. The van der Waals surface area contributed by atoms with Crippen molar-refractivity contribution in [3.05, 3.63) is 30.1 Å². The van der Waals surface area contributed by atoms with Crippen molar-refractivity contribution < 1.29 is 0 Å². The lowest BCUT2D eigenvalue weighted by Gasteiger charge is -2.14. The van der Waals surface area contributed by atoms with Crippen LogP contribution in [0, 0.1) is 0 Å². The first-order chi connectivity index (χ1) is 9.36. The molecule has 2 heterocycles. The summed E-state index contributed by atoms with van der Waals surface area (Å²) in [5.41, 5.74) is 9.15. The summed E-state index contributed by atoms with van der Waals surface area (Å²) < 4.78 is 0. The molecule has 3 N–H and O–H groups in total. The Labute approximate surface area is 113 Å². The summed E-state index contributed by atoms with van der Waals surface area (Å²) in [6, 6.07) is 5.91. The van der Waals surface area contributed by atoms with Gasteiger partial charge in [-0.15, -0.1) is 0 Å². The lowest BCUT2D eigenvalue weighted by molar-refractivity contribution is 0.577. The Morgan fingerprint density at radius 2 is 1.89 bits per heavy atom. The molecule has 0 aliphatic heterocycles. The first kappa shape index (κ1) is 12.2. The minimum atomic E-state index is 0.546. The van der Waals surface area contributed by atoms with Gasteiger partial charge in [-0.3, -0.25) is 10.1 Å². The normalized spacial score (nSPS) is 17.3. The molecule has 0 atom stereocenters. The number of nitrogens with two attached hydrogens (primary N) is 1. The Hall–Kier alpha value is -1.84. The molecule has 1 aliphatic rings. The molecule has 100 valence electrons. The Bertz CT molecular complexity index is 524. The Balaban J connectivity index is 1.98. The highest BCUT2D eigenvalue weighted by atomic mass is 15.2. The van der Waals surface area contributed by atoms with Gasteiger partial charge in [-0.05, 0) is 25.0 Å². The maximum Gasteiger partial charge on any atom is 0.154 e. The maximum atomic E-state index is 6.04. The molecule has 4 nitrogen and oxygen atoms in total. The molecule has 0 aromatic carbocycles. The van der Waals surface area contributed by atoms with E-state index in [1.807, 2.05) is 18.2 Å². The van der Waals surface area contributed by atoms with Crippen molar-refractivity contribution in [2.45, 2.75) is 44.4 Å². The van der Waals surface area contributed by atoms with Crippen LogP contribution in [0.2, 0.25) is 0 Å². The molecular weight excluding hydrogens is 236 g/mol. The minimum absolute atomic E-state index is 0.546. The molecule has 0 unspecified atom stereocenters. The highest BCUT2D eigenvalue weighted by molar-refractivity contribution is 5.73. The van der Waals surface area contributed by atoms with E-state index >= 15 is 0 Å². The van der Waals surface area contributed by atoms with Crippen LogP contribution >= 0.6 is 0 Å². The summed E-state index contributed by atoms with van der Waals surface area (Å²) in [6.45, 7) is 0. The van der Waals surface area contributed by atoms with Crippen molar-refractivity contribution in [3.8, 4) is 11.3 Å². The zero-order valence-electron chi connectivity index (χ0n) is 11.1. The van der Waals surface area contributed by atoms with Crippen molar-refractivity contribution in [2.75, 3.05) is 5.73 Å². The second-order valence-electron chi connectivity index (χ2n) is 5.30. The van der Waals surface area contributed by atoms with E-state index in [0.717, 1.165) is 11.3 Å². The van der Waals surface area contributed by atoms with Crippen LogP contribution in [0.5, 0.6) is 0 Å². The van der Waals surface area contributed by atoms with Gasteiger partial charge in [0.05, 0.1) is 11.3 Å². The number of aromatic amines is 1. The number of nitrogens with zero attached hydrogens (tertiary/aromatic N) is 2. The largest absolute Gasteiger partial charge is 0.382 e. The summed E-state index contributed by atoms with van der Waals surface area (Å²) in [5, 5.41) is 7.37.